The second-order valence-corrected chi connectivity index (χ2v) is 11.4. The Bertz CT molecular complexity index is 1260. The fraction of sp³-hybridized carbons (Fsp3) is 0.391. The van der Waals surface area contributed by atoms with E-state index in [0.29, 0.717) is 30.1 Å². The van der Waals surface area contributed by atoms with Crippen LogP contribution >= 0.6 is 11.3 Å². The summed E-state index contributed by atoms with van der Waals surface area (Å²) in [6.45, 7) is 9.86. The van der Waals surface area contributed by atoms with Gasteiger partial charge in [0.05, 0.1) is 21.7 Å². The van der Waals surface area contributed by atoms with E-state index in [1.165, 1.54) is 17.6 Å². The number of aromatic nitrogens is 1. The highest BCUT2D eigenvalue weighted by Gasteiger charge is 2.16. The van der Waals surface area contributed by atoms with Gasteiger partial charge in [0.15, 0.2) is 14.6 Å². The molecule has 0 unspecified atom stereocenters. The van der Waals surface area contributed by atoms with E-state index in [0.717, 1.165) is 15.8 Å². The maximum atomic E-state index is 12.9. The van der Waals surface area contributed by atoms with Gasteiger partial charge in [-0.25, -0.2) is 8.42 Å². The largest absolute Gasteiger partial charge is 0.380 e. The average Bonchev–Trinajstić information content (AvgIpc) is 3.03. The summed E-state index contributed by atoms with van der Waals surface area (Å²) in [5.41, 5.74) is 2.49. The Labute approximate surface area is 187 Å². The Morgan fingerprint density at radius 2 is 1.81 bits per heavy atom. The van der Waals surface area contributed by atoms with Crippen LogP contribution in [0.3, 0.4) is 0 Å². The van der Waals surface area contributed by atoms with Gasteiger partial charge in [0.1, 0.15) is 0 Å². The van der Waals surface area contributed by atoms with Crippen LogP contribution in [0.1, 0.15) is 43.6 Å². The zero-order valence-electron chi connectivity index (χ0n) is 18.5. The lowest BCUT2D eigenvalue weighted by Gasteiger charge is -2.18. The van der Waals surface area contributed by atoms with Crippen molar-refractivity contribution in [1.82, 2.24) is 4.57 Å². The van der Waals surface area contributed by atoms with Gasteiger partial charge in [-0.15, -0.1) is 0 Å². The highest BCUT2D eigenvalue weighted by atomic mass is 32.2. The number of amides is 1. The molecule has 166 valence electrons. The number of benzene rings is 2. The summed E-state index contributed by atoms with van der Waals surface area (Å²) in [5.74, 6) is -0.333. The van der Waals surface area contributed by atoms with Crippen molar-refractivity contribution < 1.29 is 17.9 Å². The number of carbonyl (C=O) groups excluding carboxylic acids is 1. The number of sulfone groups is 1. The second kappa shape index (κ2) is 9.06. The highest BCUT2D eigenvalue weighted by Crippen LogP contribution is 2.23. The number of hydrogen-bond donors (Lipinski definition) is 0. The maximum absolute atomic E-state index is 12.9. The van der Waals surface area contributed by atoms with E-state index in [2.05, 4.69) is 25.8 Å². The monoisotopic (exact) mass is 460 g/mol. The molecule has 1 heterocycles. The van der Waals surface area contributed by atoms with Crippen molar-refractivity contribution in [1.29, 1.82) is 0 Å². The van der Waals surface area contributed by atoms with E-state index >= 15 is 0 Å². The minimum absolute atomic E-state index is 0.00379. The summed E-state index contributed by atoms with van der Waals surface area (Å²) in [4.78, 5) is 18.0. The summed E-state index contributed by atoms with van der Waals surface area (Å²) in [6, 6.07) is 12.5. The molecule has 0 saturated carbocycles. The number of rotatable bonds is 6. The normalized spacial score (nSPS) is 13.1. The molecule has 2 aromatic carbocycles. The quantitative estimate of drug-likeness (QED) is 0.517. The molecule has 0 aliphatic carbocycles. The molecule has 0 bridgehead atoms. The molecule has 0 saturated heterocycles. The molecule has 31 heavy (non-hydrogen) atoms. The molecule has 0 aliphatic heterocycles. The molecule has 6 nitrogen and oxygen atoms in total. The van der Waals surface area contributed by atoms with Crippen molar-refractivity contribution in [3.8, 4) is 0 Å². The lowest BCUT2D eigenvalue weighted by atomic mass is 9.87. The average molecular weight is 461 g/mol. The van der Waals surface area contributed by atoms with Gasteiger partial charge in [0, 0.05) is 25.0 Å². The number of carbonyl (C=O) groups is 1. The van der Waals surface area contributed by atoms with Gasteiger partial charge in [-0.1, -0.05) is 44.2 Å². The van der Waals surface area contributed by atoms with Gasteiger partial charge in [0.25, 0.3) is 5.91 Å². The van der Waals surface area contributed by atoms with Crippen LogP contribution in [0.4, 0.5) is 0 Å². The van der Waals surface area contributed by atoms with Crippen molar-refractivity contribution >= 4 is 37.3 Å². The summed E-state index contributed by atoms with van der Waals surface area (Å²) in [5, 5.41) is 0. The Kier molecular flexibility index (Phi) is 6.83. The van der Waals surface area contributed by atoms with Crippen LogP contribution in [-0.2, 0) is 26.5 Å². The van der Waals surface area contributed by atoms with Crippen molar-refractivity contribution in [3.05, 3.63) is 58.4 Å². The van der Waals surface area contributed by atoms with Crippen LogP contribution in [-0.4, -0.2) is 38.4 Å². The molecule has 1 amide bonds. The van der Waals surface area contributed by atoms with E-state index in [-0.39, 0.29) is 16.2 Å². The molecule has 0 fully saturated rings. The first-order valence-corrected chi connectivity index (χ1v) is 12.8. The topological polar surface area (TPSA) is 77.7 Å². The van der Waals surface area contributed by atoms with E-state index in [1.807, 2.05) is 23.6 Å². The van der Waals surface area contributed by atoms with Gasteiger partial charge < -0.3 is 9.30 Å². The summed E-state index contributed by atoms with van der Waals surface area (Å²) >= 11 is 1.30. The molecule has 1 aromatic heterocycles. The standard InChI is InChI=1S/C23H28N2O4S2/c1-6-29-14-13-25-19-12-11-18(31(5,27)28)15-20(19)30-22(25)24-21(26)16-7-9-17(10-8-16)23(2,3)4/h7-12,15H,6,13-14H2,1-5H3. The Morgan fingerprint density at radius 3 is 2.39 bits per heavy atom. The Hall–Kier alpha value is -2.29. The highest BCUT2D eigenvalue weighted by molar-refractivity contribution is 7.90. The maximum Gasteiger partial charge on any atom is 0.279 e. The number of ether oxygens (including phenoxy) is 1. The fourth-order valence-electron chi connectivity index (χ4n) is 3.15. The van der Waals surface area contributed by atoms with Gasteiger partial charge in [0.2, 0.25) is 0 Å². The van der Waals surface area contributed by atoms with E-state index in [9.17, 15) is 13.2 Å². The third kappa shape index (κ3) is 5.50. The third-order valence-corrected chi connectivity index (χ3v) is 7.09. The minimum atomic E-state index is -3.33. The van der Waals surface area contributed by atoms with Crippen molar-refractivity contribution in [2.24, 2.45) is 4.99 Å². The molecular formula is C23H28N2O4S2. The Morgan fingerprint density at radius 1 is 1.13 bits per heavy atom. The van der Waals surface area contributed by atoms with Gasteiger partial charge >= 0.3 is 0 Å². The Balaban J connectivity index is 2.06. The van der Waals surface area contributed by atoms with Gasteiger partial charge in [-0.3, -0.25) is 4.79 Å². The van der Waals surface area contributed by atoms with E-state index in [1.54, 1.807) is 30.3 Å². The molecule has 0 radical (unpaired) electrons. The summed E-state index contributed by atoms with van der Waals surface area (Å²) < 4.78 is 32.0. The van der Waals surface area contributed by atoms with Gasteiger partial charge in [-0.2, -0.15) is 4.99 Å². The van der Waals surface area contributed by atoms with Crippen LogP contribution in [0.15, 0.2) is 52.4 Å². The predicted molar refractivity (Wildman–Crippen MR) is 124 cm³/mol. The first kappa shape index (κ1) is 23.4. The number of nitrogens with zero attached hydrogens (tertiary/aromatic N) is 2. The SMILES string of the molecule is CCOCCn1c(=NC(=O)c2ccc(C(C)(C)C)cc2)sc2cc(S(C)(=O)=O)ccc21. The summed E-state index contributed by atoms with van der Waals surface area (Å²) in [7, 11) is -3.33. The first-order chi connectivity index (χ1) is 14.5. The third-order valence-electron chi connectivity index (χ3n) is 4.94. The van der Waals surface area contributed by atoms with Crippen molar-refractivity contribution in [2.45, 2.75) is 44.6 Å². The van der Waals surface area contributed by atoms with Crippen molar-refractivity contribution in [3.63, 3.8) is 0 Å². The number of hydrogen-bond acceptors (Lipinski definition) is 5. The van der Waals surface area contributed by atoms with Crippen LogP contribution in [0, 0.1) is 0 Å². The fourth-order valence-corrected chi connectivity index (χ4v) is 4.97. The molecule has 0 atom stereocenters. The smallest absolute Gasteiger partial charge is 0.279 e. The molecular weight excluding hydrogens is 432 g/mol. The van der Waals surface area contributed by atoms with Gasteiger partial charge in [-0.05, 0) is 48.2 Å². The van der Waals surface area contributed by atoms with E-state index < -0.39 is 9.84 Å². The van der Waals surface area contributed by atoms with Crippen LogP contribution in [0.2, 0.25) is 0 Å². The molecule has 0 spiro atoms. The summed E-state index contributed by atoms with van der Waals surface area (Å²) in [6.07, 6.45) is 1.18. The van der Waals surface area contributed by atoms with Crippen LogP contribution in [0.25, 0.3) is 10.2 Å². The zero-order valence-corrected chi connectivity index (χ0v) is 20.1. The molecule has 3 rings (SSSR count). The number of fused-ring (bicyclic) bond motifs is 1. The minimum Gasteiger partial charge on any atom is -0.380 e. The lowest BCUT2D eigenvalue weighted by Crippen LogP contribution is -2.20. The predicted octanol–water partition coefficient (Wildman–Crippen LogP) is 4.18. The molecule has 0 N–H and O–H groups in total. The zero-order chi connectivity index (χ0) is 22.8. The van der Waals surface area contributed by atoms with Crippen LogP contribution in [0.5, 0.6) is 0 Å². The first-order valence-electron chi connectivity index (χ1n) is 10.1. The lowest BCUT2D eigenvalue weighted by molar-refractivity contribution is 0.0996. The molecule has 0 aliphatic rings. The molecule has 8 heteroatoms. The van der Waals surface area contributed by atoms with E-state index in [4.69, 9.17) is 4.74 Å². The van der Waals surface area contributed by atoms with Crippen LogP contribution < -0.4 is 4.80 Å². The number of thiazole rings is 1. The molecule has 3 aromatic rings. The second-order valence-electron chi connectivity index (χ2n) is 8.38. The van der Waals surface area contributed by atoms with Crippen molar-refractivity contribution in [2.75, 3.05) is 19.5 Å².